The Morgan fingerprint density at radius 3 is 3.36 bits per heavy atom. The number of ketones is 1. The van der Waals surface area contributed by atoms with Crippen LogP contribution in [0.25, 0.3) is 0 Å². The second kappa shape index (κ2) is 4.63. The SMILES string of the molecule is O=C(CNC1CCNC1)c1nccs1. The van der Waals surface area contributed by atoms with Crippen LogP contribution in [0.1, 0.15) is 16.2 Å². The van der Waals surface area contributed by atoms with Crippen LogP contribution in [0.4, 0.5) is 0 Å². The fraction of sp³-hybridized carbons (Fsp3) is 0.556. The number of carbonyl (C=O) groups excluding carboxylic acids is 1. The molecular weight excluding hydrogens is 198 g/mol. The van der Waals surface area contributed by atoms with Crippen LogP contribution in [0, 0.1) is 0 Å². The van der Waals surface area contributed by atoms with Crippen LogP contribution in [0.5, 0.6) is 0 Å². The summed E-state index contributed by atoms with van der Waals surface area (Å²) in [5, 5.41) is 8.89. The van der Waals surface area contributed by atoms with E-state index in [0.29, 0.717) is 17.6 Å². The number of thiazole rings is 1. The highest BCUT2D eigenvalue weighted by molar-refractivity contribution is 7.11. The van der Waals surface area contributed by atoms with E-state index in [9.17, 15) is 4.79 Å². The Morgan fingerprint density at radius 2 is 2.71 bits per heavy atom. The molecule has 1 aliphatic rings. The molecule has 2 rings (SSSR count). The van der Waals surface area contributed by atoms with Crippen molar-refractivity contribution in [3.63, 3.8) is 0 Å². The predicted octanol–water partition coefficient (Wildman–Crippen LogP) is 0.277. The number of hydrogen-bond acceptors (Lipinski definition) is 5. The summed E-state index contributed by atoms with van der Waals surface area (Å²) in [6.07, 6.45) is 2.76. The van der Waals surface area contributed by atoms with Gasteiger partial charge in [0.05, 0.1) is 6.54 Å². The van der Waals surface area contributed by atoms with Gasteiger partial charge in [-0.25, -0.2) is 4.98 Å². The molecule has 0 saturated carbocycles. The Balaban J connectivity index is 1.78. The van der Waals surface area contributed by atoms with Crippen molar-refractivity contribution in [3.05, 3.63) is 16.6 Å². The molecule has 4 nitrogen and oxygen atoms in total. The first-order chi connectivity index (χ1) is 6.86. The first kappa shape index (κ1) is 9.76. The molecule has 1 aliphatic heterocycles. The van der Waals surface area contributed by atoms with E-state index in [1.54, 1.807) is 6.20 Å². The van der Waals surface area contributed by atoms with Crippen LogP contribution in [0.2, 0.25) is 0 Å². The number of nitrogens with zero attached hydrogens (tertiary/aromatic N) is 1. The van der Waals surface area contributed by atoms with E-state index in [2.05, 4.69) is 15.6 Å². The molecule has 0 bridgehead atoms. The molecule has 1 aromatic rings. The van der Waals surface area contributed by atoms with Crippen molar-refractivity contribution in [3.8, 4) is 0 Å². The Hall–Kier alpha value is -0.780. The number of Topliss-reactive ketones (excluding diaryl/α,β-unsaturated/α-hetero) is 1. The van der Waals surface area contributed by atoms with Crippen LogP contribution in [0.3, 0.4) is 0 Å². The zero-order valence-electron chi connectivity index (χ0n) is 7.82. The minimum Gasteiger partial charge on any atom is -0.315 e. The molecule has 5 heteroatoms. The third-order valence-corrected chi connectivity index (χ3v) is 3.10. The molecule has 2 heterocycles. The van der Waals surface area contributed by atoms with Crippen LogP contribution in [0.15, 0.2) is 11.6 Å². The second-order valence-electron chi connectivity index (χ2n) is 3.33. The van der Waals surface area contributed by atoms with Gasteiger partial charge in [-0.1, -0.05) is 0 Å². The van der Waals surface area contributed by atoms with Gasteiger partial charge < -0.3 is 10.6 Å². The molecule has 0 spiro atoms. The molecule has 1 atom stereocenters. The van der Waals surface area contributed by atoms with Gasteiger partial charge in [-0.3, -0.25) is 4.79 Å². The summed E-state index contributed by atoms with van der Waals surface area (Å²) < 4.78 is 0. The molecular formula is C9H13N3OS. The lowest BCUT2D eigenvalue weighted by atomic mass is 10.2. The van der Waals surface area contributed by atoms with Crippen molar-refractivity contribution >= 4 is 17.1 Å². The molecule has 76 valence electrons. The highest BCUT2D eigenvalue weighted by Crippen LogP contribution is 2.04. The average Bonchev–Trinajstić information content (AvgIpc) is 2.87. The van der Waals surface area contributed by atoms with Crippen LogP contribution >= 0.6 is 11.3 Å². The molecule has 0 amide bonds. The number of aromatic nitrogens is 1. The van der Waals surface area contributed by atoms with Crippen molar-refractivity contribution < 1.29 is 4.79 Å². The second-order valence-corrected chi connectivity index (χ2v) is 4.23. The van der Waals surface area contributed by atoms with Gasteiger partial charge in [0.25, 0.3) is 0 Å². The molecule has 1 aromatic heterocycles. The lowest BCUT2D eigenvalue weighted by Crippen LogP contribution is -2.35. The first-order valence-electron chi connectivity index (χ1n) is 4.73. The smallest absolute Gasteiger partial charge is 0.205 e. The fourth-order valence-electron chi connectivity index (χ4n) is 1.50. The summed E-state index contributed by atoms with van der Waals surface area (Å²) in [6.45, 7) is 2.41. The lowest BCUT2D eigenvalue weighted by Gasteiger charge is -2.08. The normalized spacial score (nSPS) is 21.3. The van der Waals surface area contributed by atoms with Crippen LogP contribution < -0.4 is 10.6 Å². The average molecular weight is 211 g/mol. The quantitative estimate of drug-likeness (QED) is 0.702. The maximum atomic E-state index is 11.5. The monoisotopic (exact) mass is 211 g/mol. The van der Waals surface area contributed by atoms with Gasteiger partial charge in [0.2, 0.25) is 5.78 Å². The van der Waals surface area contributed by atoms with Gasteiger partial charge >= 0.3 is 0 Å². The van der Waals surface area contributed by atoms with E-state index >= 15 is 0 Å². The number of carbonyl (C=O) groups is 1. The minimum atomic E-state index is 0.0897. The van der Waals surface area contributed by atoms with Gasteiger partial charge in [0.1, 0.15) is 0 Å². The maximum Gasteiger partial charge on any atom is 0.205 e. The Kier molecular flexibility index (Phi) is 3.23. The van der Waals surface area contributed by atoms with E-state index in [1.165, 1.54) is 11.3 Å². The van der Waals surface area contributed by atoms with Crippen LogP contribution in [-0.2, 0) is 0 Å². The summed E-state index contributed by atoms with van der Waals surface area (Å²) >= 11 is 1.40. The number of rotatable bonds is 4. The molecule has 14 heavy (non-hydrogen) atoms. The molecule has 1 fully saturated rings. The van der Waals surface area contributed by atoms with E-state index in [4.69, 9.17) is 0 Å². The van der Waals surface area contributed by atoms with Crippen molar-refractivity contribution in [1.82, 2.24) is 15.6 Å². The highest BCUT2D eigenvalue weighted by atomic mass is 32.1. The zero-order valence-corrected chi connectivity index (χ0v) is 8.64. The number of hydrogen-bond donors (Lipinski definition) is 2. The third kappa shape index (κ3) is 2.37. The highest BCUT2D eigenvalue weighted by Gasteiger charge is 2.15. The van der Waals surface area contributed by atoms with Crippen molar-refractivity contribution in [1.29, 1.82) is 0 Å². The summed E-state index contributed by atoms with van der Waals surface area (Å²) in [7, 11) is 0. The fourth-order valence-corrected chi connectivity index (χ4v) is 2.08. The molecule has 0 radical (unpaired) electrons. The summed E-state index contributed by atoms with van der Waals surface area (Å²) in [5.74, 6) is 0.0897. The molecule has 0 aliphatic carbocycles. The lowest BCUT2D eigenvalue weighted by molar-refractivity contribution is 0.0987. The van der Waals surface area contributed by atoms with Gasteiger partial charge in [-0.15, -0.1) is 11.3 Å². The van der Waals surface area contributed by atoms with E-state index in [1.807, 2.05) is 5.38 Å². The largest absolute Gasteiger partial charge is 0.315 e. The Bertz CT molecular complexity index is 293. The first-order valence-corrected chi connectivity index (χ1v) is 5.61. The predicted molar refractivity (Wildman–Crippen MR) is 55.7 cm³/mol. The summed E-state index contributed by atoms with van der Waals surface area (Å²) in [5.41, 5.74) is 0. The molecule has 0 aromatic carbocycles. The summed E-state index contributed by atoms with van der Waals surface area (Å²) in [4.78, 5) is 15.5. The Morgan fingerprint density at radius 1 is 1.79 bits per heavy atom. The standard InChI is InChI=1S/C9H13N3OS/c13-8(9-11-3-4-14-9)6-12-7-1-2-10-5-7/h3-4,7,10,12H,1-2,5-6H2. The van der Waals surface area contributed by atoms with Crippen molar-refractivity contribution in [2.24, 2.45) is 0 Å². The van der Waals surface area contributed by atoms with Gasteiger partial charge in [-0.05, 0) is 13.0 Å². The van der Waals surface area contributed by atoms with E-state index in [0.717, 1.165) is 19.5 Å². The molecule has 1 saturated heterocycles. The Labute approximate surface area is 86.7 Å². The van der Waals surface area contributed by atoms with Crippen LogP contribution in [-0.4, -0.2) is 36.4 Å². The van der Waals surface area contributed by atoms with Crippen molar-refractivity contribution in [2.75, 3.05) is 19.6 Å². The summed E-state index contributed by atoms with van der Waals surface area (Å²) in [6, 6.07) is 0.443. The van der Waals surface area contributed by atoms with Crippen molar-refractivity contribution in [2.45, 2.75) is 12.5 Å². The van der Waals surface area contributed by atoms with E-state index < -0.39 is 0 Å². The van der Waals surface area contributed by atoms with Gasteiger partial charge in [0, 0.05) is 24.2 Å². The third-order valence-electron chi connectivity index (χ3n) is 2.28. The number of nitrogens with one attached hydrogen (secondary N) is 2. The van der Waals surface area contributed by atoms with E-state index in [-0.39, 0.29) is 5.78 Å². The van der Waals surface area contributed by atoms with Gasteiger partial charge in [0.15, 0.2) is 5.01 Å². The molecule has 2 N–H and O–H groups in total. The zero-order chi connectivity index (χ0) is 9.80. The minimum absolute atomic E-state index is 0.0897. The van der Waals surface area contributed by atoms with Gasteiger partial charge in [-0.2, -0.15) is 0 Å². The topological polar surface area (TPSA) is 54.0 Å². The molecule has 1 unspecified atom stereocenters. The maximum absolute atomic E-state index is 11.5.